The zero-order chi connectivity index (χ0) is 15.4. The number of likely N-dealkylation sites (N-methyl/N-ethyl adjacent to an activating group) is 1. The minimum absolute atomic E-state index is 0.0508. The van der Waals surface area contributed by atoms with Gasteiger partial charge >= 0.3 is 12.0 Å². The average molecular weight is 298 g/mol. The summed E-state index contributed by atoms with van der Waals surface area (Å²) < 4.78 is 0. The van der Waals surface area contributed by atoms with E-state index in [-0.39, 0.29) is 19.0 Å². The van der Waals surface area contributed by atoms with Crippen molar-refractivity contribution in [1.29, 1.82) is 0 Å². The summed E-state index contributed by atoms with van der Waals surface area (Å²) in [6, 6.07) is -0.878. The van der Waals surface area contributed by atoms with E-state index in [1.165, 1.54) is 12.8 Å². The number of carbonyl (C=O) groups is 3. The monoisotopic (exact) mass is 298 g/mol. The summed E-state index contributed by atoms with van der Waals surface area (Å²) in [4.78, 5) is 37.9. The van der Waals surface area contributed by atoms with E-state index in [2.05, 4.69) is 22.5 Å². The van der Waals surface area contributed by atoms with Crippen LogP contribution >= 0.6 is 0 Å². The molecule has 1 aliphatic carbocycles. The third-order valence-electron chi connectivity index (χ3n) is 3.87. The molecule has 1 aliphatic heterocycles. The molecule has 0 radical (unpaired) electrons. The van der Waals surface area contributed by atoms with Gasteiger partial charge < -0.3 is 15.7 Å². The molecule has 0 aromatic heterocycles. The average Bonchev–Trinajstić information content (AvgIpc) is 3.27. The first-order chi connectivity index (χ1) is 10.0. The van der Waals surface area contributed by atoms with Gasteiger partial charge in [-0.15, -0.1) is 0 Å². The number of aliphatic carboxylic acids is 1. The van der Waals surface area contributed by atoms with Crippen LogP contribution in [0.4, 0.5) is 4.79 Å². The van der Waals surface area contributed by atoms with Gasteiger partial charge in [0.05, 0.1) is 0 Å². The second-order valence-corrected chi connectivity index (χ2v) is 5.38. The highest BCUT2D eigenvalue weighted by Gasteiger charge is 2.35. The van der Waals surface area contributed by atoms with Gasteiger partial charge in [-0.2, -0.15) is 0 Å². The van der Waals surface area contributed by atoms with E-state index in [1.807, 2.05) is 0 Å². The van der Waals surface area contributed by atoms with Crippen LogP contribution < -0.4 is 10.6 Å². The number of carbonyl (C=O) groups excluding carboxylic acids is 2. The molecule has 0 aromatic carbocycles. The van der Waals surface area contributed by atoms with E-state index >= 15 is 0 Å². The molecule has 0 bridgehead atoms. The topological polar surface area (TPSA) is 102 Å². The maximum absolute atomic E-state index is 12.1. The summed E-state index contributed by atoms with van der Waals surface area (Å²) in [5, 5.41) is 14.3. The molecule has 2 rings (SSSR count). The Morgan fingerprint density at radius 1 is 1.48 bits per heavy atom. The van der Waals surface area contributed by atoms with Crippen molar-refractivity contribution in [2.45, 2.75) is 31.8 Å². The first kappa shape index (κ1) is 15.6. The van der Waals surface area contributed by atoms with Crippen molar-refractivity contribution in [3.63, 3.8) is 0 Å². The minimum atomic E-state index is -1.11. The minimum Gasteiger partial charge on any atom is -0.480 e. The van der Waals surface area contributed by atoms with Crippen LogP contribution in [0.5, 0.6) is 0 Å². The molecular weight excluding hydrogens is 276 g/mol. The molecule has 0 spiro atoms. The fraction of sp³-hybridized carbons (Fsp3) is 0.769. The Kier molecular flexibility index (Phi) is 5.00. The molecule has 118 valence electrons. The lowest BCUT2D eigenvalue weighted by Crippen LogP contribution is -2.61. The Balaban J connectivity index is 1.82. The van der Waals surface area contributed by atoms with Crippen LogP contribution in [0.3, 0.4) is 0 Å². The predicted octanol–water partition coefficient (Wildman–Crippen LogP) is -0.935. The Bertz CT molecular complexity index is 424. The lowest BCUT2D eigenvalue weighted by molar-refractivity contribution is -0.144. The molecule has 1 unspecified atom stereocenters. The van der Waals surface area contributed by atoms with Gasteiger partial charge in [0.1, 0.15) is 12.6 Å². The van der Waals surface area contributed by atoms with Crippen LogP contribution in [0, 0.1) is 0 Å². The summed E-state index contributed by atoms with van der Waals surface area (Å²) in [6.45, 7) is 3.94. The second kappa shape index (κ2) is 6.75. The molecular formula is C13H22N4O4. The van der Waals surface area contributed by atoms with Crippen molar-refractivity contribution >= 4 is 17.9 Å². The fourth-order valence-corrected chi connectivity index (χ4v) is 2.52. The second-order valence-electron chi connectivity index (χ2n) is 5.38. The van der Waals surface area contributed by atoms with Gasteiger partial charge in [-0.3, -0.25) is 14.6 Å². The van der Waals surface area contributed by atoms with E-state index in [4.69, 9.17) is 5.11 Å². The third kappa shape index (κ3) is 4.07. The van der Waals surface area contributed by atoms with Crippen LogP contribution in [0.2, 0.25) is 0 Å². The molecule has 21 heavy (non-hydrogen) atoms. The Morgan fingerprint density at radius 3 is 2.76 bits per heavy atom. The van der Waals surface area contributed by atoms with Crippen molar-refractivity contribution in [3.05, 3.63) is 0 Å². The normalized spacial score (nSPS) is 22.1. The van der Waals surface area contributed by atoms with E-state index in [0.717, 1.165) is 18.0 Å². The number of nitrogens with zero attached hydrogens (tertiary/aromatic N) is 2. The highest BCUT2D eigenvalue weighted by atomic mass is 16.4. The van der Waals surface area contributed by atoms with Gasteiger partial charge in [0.25, 0.3) is 0 Å². The van der Waals surface area contributed by atoms with Crippen LogP contribution in [-0.4, -0.2) is 77.6 Å². The largest absolute Gasteiger partial charge is 0.480 e. The van der Waals surface area contributed by atoms with Crippen LogP contribution in [0.25, 0.3) is 0 Å². The maximum Gasteiger partial charge on any atom is 0.328 e. The number of amides is 3. The van der Waals surface area contributed by atoms with Crippen molar-refractivity contribution in [2.24, 2.45) is 0 Å². The molecule has 2 fully saturated rings. The molecule has 1 saturated heterocycles. The van der Waals surface area contributed by atoms with E-state index < -0.39 is 18.0 Å². The number of carboxylic acid groups (broad SMARTS) is 1. The SMILES string of the molecule is CCN(CCNC(=O)N1CC(=O)NCC1C(=O)O)C1CC1. The lowest BCUT2D eigenvalue weighted by Gasteiger charge is -2.32. The number of piperazine rings is 1. The lowest BCUT2D eigenvalue weighted by atomic mass is 10.2. The molecule has 8 heteroatoms. The van der Waals surface area contributed by atoms with E-state index in [1.54, 1.807) is 0 Å². The Hall–Kier alpha value is -1.83. The van der Waals surface area contributed by atoms with Gasteiger partial charge in [0.15, 0.2) is 0 Å². The fourth-order valence-electron chi connectivity index (χ4n) is 2.52. The summed E-state index contributed by atoms with van der Waals surface area (Å²) in [5.74, 6) is -1.45. The summed E-state index contributed by atoms with van der Waals surface area (Å²) in [5.41, 5.74) is 0. The number of rotatable bonds is 6. The molecule has 0 aromatic rings. The smallest absolute Gasteiger partial charge is 0.328 e. The zero-order valence-corrected chi connectivity index (χ0v) is 12.2. The Morgan fingerprint density at radius 2 is 2.19 bits per heavy atom. The molecule has 1 saturated carbocycles. The quantitative estimate of drug-likeness (QED) is 0.588. The molecule has 1 atom stereocenters. The summed E-state index contributed by atoms with van der Waals surface area (Å²) in [7, 11) is 0. The summed E-state index contributed by atoms with van der Waals surface area (Å²) >= 11 is 0. The van der Waals surface area contributed by atoms with Gasteiger partial charge in [-0.1, -0.05) is 6.92 Å². The van der Waals surface area contributed by atoms with Crippen molar-refractivity contribution in [2.75, 3.05) is 32.7 Å². The van der Waals surface area contributed by atoms with Gasteiger partial charge in [-0.25, -0.2) is 9.59 Å². The first-order valence-corrected chi connectivity index (χ1v) is 7.31. The highest BCUT2D eigenvalue weighted by molar-refractivity contribution is 5.90. The molecule has 1 heterocycles. The summed E-state index contributed by atoms with van der Waals surface area (Å²) in [6.07, 6.45) is 2.41. The number of nitrogens with one attached hydrogen (secondary N) is 2. The van der Waals surface area contributed by atoms with Gasteiger partial charge in [0, 0.05) is 25.7 Å². The molecule has 2 aliphatic rings. The first-order valence-electron chi connectivity index (χ1n) is 7.31. The highest BCUT2D eigenvalue weighted by Crippen LogP contribution is 2.25. The predicted molar refractivity (Wildman–Crippen MR) is 74.8 cm³/mol. The van der Waals surface area contributed by atoms with Crippen molar-refractivity contribution < 1.29 is 19.5 Å². The molecule has 3 amide bonds. The Labute approximate surface area is 123 Å². The van der Waals surface area contributed by atoms with E-state index in [0.29, 0.717) is 12.6 Å². The van der Waals surface area contributed by atoms with Gasteiger partial charge in [0.2, 0.25) is 5.91 Å². The van der Waals surface area contributed by atoms with Crippen LogP contribution in [0.15, 0.2) is 0 Å². The number of hydrogen-bond acceptors (Lipinski definition) is 4. The van der Waals surface area contributed by atoms with E-state index in [9.17, 15) is 14.4 Å². The molecule has 3 N–H and O–H groups in total. The zero-order valence-electron chi connectivity index (χ0n) is 12.2. The number of hydrogen-bond donors (Lipinski definition) is 3. The van der Waals surface area contributed by atoms with Gasteiger partial charge in [-0.05, 0) is 19.4 Å². The number of carboxylic acids is 1. The van der Waals surface area contributed by atoms with Crippen molar-refractivity contribution in [3.8, 4) is 0 Å². The molecule has 8 nitrogen and oxygen atoms in total. The maximum atomic E-state index is 12.1. The number of urea groups is 1. The van der Waals surface area contributed by atoms with Crippen LogP contribution in [0.1, 0.15) is 19.8 Å². The third-order valence-corrected chi connectivity index (χ3v) is 3.87. The van der Waals surface area contributed by atoms with Crippen molar-refractivity contribution in [1.82, 2.24) is 20.4 Å². The standard InChI is InChI=1S/C13H22N4O4/c1-2-16(9-3-4-9)6-5-14-13(21)17-8-11(18)15-7-10(17)12(19)20/h9-10H,2-8H2,1H3,(H,14,21)(H,15,18)(H,19,20). The van der Waals surface area contributed by atoms with Crippen LogP contribution in [-0.2, 0) is 9.59 Å².